The summed E-state index contributed by atoms with van der Waals surface area (Å²) in [7, 11) is 0. The number of nitrogens with zero attached hydrogens (tertiary/aromatic N) is 2. The van der Waals surface area contributed by atoms with Crippen molar-refractivity contribution in [3.05, 3.63) is 84.1 Å². The van der Waals surface area contributed by atoms with Gasteiger partial charge in [0.2, 0.25) is 0 Å². The number of hydrazone groups is 1. The number of nitrogens with one attached hydrogen (secondary N) is 1. The molecule has 0 unspecified atom stereocenters. The number of furan rings is 1. The number of hydrogen-bond acceptors (Lipinski definition) is 5. The van der Waals surface area contributed by atoms with Crippen LogP contribution in [0.25, 0.3) is 0 Å². The van der Waals surface area contributed by atoms with Gasteiger partial charge in [0.15, 0.2) is 5.76 Å². The molecule has 0 atom stereocenters. The molecule has 1 amide bonds. The lowest BCUT2D eigenvalue weighted by Crippen LogP contribution is -2.16. The monoisotopic (exact) mass is 321 g/mol. The van der Waals surface area contributed by atoms with Crippen LogP contribution in [-0.4, -0.2) is 17.1 Å². The maximum absolute atomic E-state index is 11.9. The average Bonchev–Trinajstić information content (AvgIpc) is 3.11. The zero-order valence-electron chi connectivity index (χ0n) is 12.8. The van der Waals surface area contributed by atoms with Gasteiger partial charge in [-0.2, -0.15) is 5.10 Å². The number of pyridine rings is 1. The second-order valence-electron chi connectivity index (χ2n) is 4.82. The summed E-state index contributed by atoms with van der Waals surface area (Å²) in [4.78, 5) is 16.0. The van der Waals surface area contributed by atoms with Crippen LogP contribution in [0.3, 0.4) is 0 Å². The van der Waals surface area contributed by atoms with E-state index in [4.69, 9.17) is 9.15 Å². The lowest BCUT2D eigenvalue weighted by atomic mass is 10.3. The van der Waals surface area contributed by atoms with Gasteiger partial charge >= 0.3 is 5.91 Å². The van der Waals surface area contributed by atoms with E-state index in [1.165, 1.54) is 6.21 Å². The van der Waals surface area contributed by atoms with E-state index in [0.29, 0.717) is 11.5 Å². The normalized spacial score (nSPS) is 10.7. The van der Waals surface area contributed by atoms with Crippen LogP contribution in [0.2, 0.25) is 0 Å². The Hall–Kier alpha value is -3.41. The van der Waals surface area contributed by atoms with Crippen LogP contribution >= 0.6 is 0 Å². The lowest BCUT2D eigenvalue weighted by molar-refractivity contribution is 0.0923. The predicted molar refractivity (Wildman–Crippen MR) is 88.8 cm³/mol. The smallest absolute Gasteiger partial charge is 0.307 e. The maximum atomic E-state index is 11.9. The Morgan fingerprint density at radius 2 is 1.96 bits per heavy atom. The first-order chi connectivity index (χ1) is 11.8. The van der Waals surface area contributed by atoms with Crippen molar-refractivity contribution in [1.29, 1.82) is 0 Å². The van der Waals surface area contributed by atoms with Gasteiger partial charge in [0.05, 0.1) is 11.9 Å². The standard InChI is InChI=1S/C18H15N3O3/c22-18(21-20-12-14-6-4-5-11-19-14)17-10-9-16(24-17)13-23-15-7-2-1-3-8-15/h1-12H,13H2,(H,21,22)/b20-12-. The Labute approximate surface area is 138 Å². The molecule has 0 bridgehead atoms. The largest absolute Gasteiger partial charge is 0.486 e. The van der Waals surface area contributed by atoms with E-state index < -0.39 is 5.91 Å². The molecule has 0 fully saturated rings. The number of para-hydroxylation sites is 1. The molecule has 3 rings (SSSR count). The first-order valence-electron chi connectivity index (χ1n) is 7.32. The van der Waals surface area contributed by atoms with Crippen molar-refractivity contribution >= 4 is 12.1 Å². The molecule has 0 radical (unpaired) electrons. The fourth-order valence-electron chi connectivity index (χ4n) is 1.91. The van der Waals surface area contributed by atoms with E-state index in [1.807, 2.05) is 36.4 Å². The topological polar surface area (TPSA) is 76.7 Å². The minimum atomic E-state index is -0.437. The third-order valence-electron chi connectivity index (χ3n) is 3.06. The molecule has 0 spiro atoms. The maximum Gasteiger partial charge on any atom is 0.307 e. The number of hydrogen-bond donors (Lipinski definition) is 1. The summed E-state index contributed by atoms with van der Waals surface area (Å²) >= 11 is 0. The molecule has 1 aromatic carbocycles. The van der Waals surface area contributed by atoms with E-state index in [-0.39, 0.29) is 12.4 Å². The van der Waals surface area contributed by atoms with Crippen LogP contribution in [0.5, 0.6) is 5.75 Å². The first kappa shape index (κ1) is 15.5. The summed E-state index contributed by atoms with van der Waals surface area (Å²) in [5, 5.41) is 3.84. The average molecular weight is 321 g/mol. The van der Waals surface area contributed by atoms with Crippen molar-refractivity contribution in [3.8, 4) is 5.75 Å². The Morgan fingerprint density at radius 1 is 1.12 bits per heavy atom. The van der Waals surface area contributed by atoms with Crippen molar-refractivity contribution in [1.82, 2.24) is 10.4 Å². The molecule has 0 saturated heterocycles. The second kappa shape index (κ2) is 7.73. The summed E-state index contributed by atoms with van der Waals surface area (Å²) in [6.45, 7) is 0.245. The number of aromatic nitrogens is 1. The van der Waals surface area contributed by atoms with Crippen LogP contribution in [0.15, 0.2) is 76.4 Å². The fraction of sp³-hybridized carbons (Fsp3) is 0.0556. The third-order valence-corrected chi connectivity index (χ3v) is 3.06. The van der Waals surface area contributed by atoms with Gasteiger partial charge in [-0.05, 0) is 36.4 Å². The van der Waals surface area contributed by atoms with Crippen molar-refractivity contribution in [2.75, 3.05) is 0 Å². The quantitative estimate of drug-likeness (QED) is 0.559. The van der Waals surface area contributed by atoms with Crippen LogP contribution in [0.4, 0.5) is 0 Å². The minimum Gasteiger partial charge on any atom is -0.486 e. The van der Waals surface area contributed by atoms with Crippen LogP contribution < -0.4 is 10.2 Å². The SMILES string of the molecule is O=C(N/N=C\c1ccccn1)c1ccc(COc2ccccc2)o1. The number of carbonyl (C=O) groups excluding carboxylic acids is 1. The van der Waals surface area contributed by atoms with Crippen LogP contribution in [-0.2, 0) is 6.61 Å². The minimum absolute atomic E-state index is 0.167. The molecule has 2 heterocycles. The van der Waals surface area contributed by atoms with E-state index >= 15 is 0 Å². The summed E-state index contributed by atoms with van der Waals surface area (Å²) in [5.41, 5.74) is 3.04. The van der Waals surface area contributed by atoms with Gasteiger partial charge in [-0.3, -0.25) is 9.78 Å². The van der Waals surface area contributed by atoms with Gasteiger partial charge in [-0.15, -0.1) is 0 Å². The highest BCUT2D eigenvalue weighted by Gasteiger charge is 2.10. The van der Waals surface area contributed by atoms with Gasteiger partial charge in [-0.1, -0.05) is 24.3 Å². The number of benzene rings is 1. The van der Waals surface area contributed by atoms with Gasteiger partial charge in [0, 0.05) is 6.20 Å². The lowest BCUT2D eigenvalue weighted by Gasteiger charge is -2.03. The molecule has 0 aliphatic rings. The van der Waals surface area contributed by atoms with E-state index in [2.05, 4.69) is 15.5 Å². The fourth-order valence-corrected chi connectivity index (χ4v) is 1.91. The molecule has 120 valence electrons. The number of ether oxygens (including phenoxy) is 1. The van der Waals surface area contributed by atoms with Crippen LogP contribution in [0.1, 0.15) is 22.0 Å². The highest BCUT2D eigenvalue weighted by atomic mass is 16.5. The van der Waals surface area contributed by atoms with Gasteiger partial charge in [0.25, 0.3) is 0 Å². The van der Waals surface area contributed by atoms with E-state index in [0.717, 1.165) is 5.75 Å². The third kappa shape index (κ3) is 4.30. The number of amides is 1. The molecular weight excluding hydrogens is 306 g/mol. The highest BCUT2D eigenvalue weighted by molar-refractivity contribution is 5.92. The highest BCUT2D eigenvalue weighted by Crippen LogP contribution is 2.13. The molecule has 3 aromatic rings. The number of carbonyl (C=O) groups is 1. The summed E-state index contributed by atoms with van der Waals surface area (Å²) in [6.07, 6.45) is 3.11. The Kier molecular flexibility index (Phi) is 4.99. The Balaban J connectivity index is 1.53. The molecule has 0 saturated carbocycles. The predicted octanol–water partition coefficient (Wildman–Crippen LogP) is 3.02. The van der Waals surface area contributed by atoms with E-state index in [1.54, 1.807) is 30.5 Å². The zero-order chi connectivity index (χ0) is 16.6. The van der Waals surface area contributed by atoms with Crippen molar-refractivity contribution in [2.24, 2.45) is 5.10 Å². The molecular formula is C18H15N3O3. The van der Waals surface area contributed by atoms with Gasteiger partial charge in [0.1, 0.15) is 18.1 Å². The number of rotatable bonds is 6. The van der Waals surface area contributed by atoms with Crippen molar-refractivity contribution < 1.29 is 13.9 Å². The summed E-state index contributed by atoms with van der Waals surface area (Å²) in [5.74, 6) is 1.02. The Bertz CT molecular complexity index is 814. The zero-order valence-corrected chi connectivity index (χ0v) is 12.8. The first-order valence-corrected chi connectivity index (χ1v) is 7.32. The molecule has 6 heteroatoms. The molecule has 1 N–H and O–H groups in total. The second-order valence-corrected chi connectivity index (χ2v) is 4.82. The summed E-state index contributed by atoms with van der Waals surface area (Å²) in [6, 6.07) is 18.1. The molecule has 0 aliphatic heterocycles. The molecule has 2 aromatic heterocycles. The van der Waals surface area contributed by atoms with Gasteiger partial charge < -0.3 is 9.15 Å². The Morgan fingerprint density at radius 3 is 2.75 bits per heavy atom. The molecule has 6 nitrogen and oxygen atoms in total. The van der Waals surface area contributed by atoms with Crippen molar-refractivity contribution in [3.63, 3.8) is 0 Å². The van der Waals surface area contributed by atoms with Crippen molar-refractivity contribution in [2.45, 2.75) is 6.61 Å². The van der Waals surface area contributed by atoms with Crippen LogP contribution in [0, 0.1) is 0 Å². The van der Waals surface area contributed by atoms with Gasteiger partial charge in [-0.25, -0.2) is 5.43 Å². The molecule has 0 aliphatic carbocycles. The molecule has 24 heavy (non-hydrogen) atoms. The van der Waals surface area contributed by atoms with E-state index in [9.17, 15) is 4.79 Å². The summed E-state index contributed by atoms with van der Waals surface area (Å²) < 4.78 is 11.0.